The number of hydrogen-bond donors (Lipinski definition) is 0. The van der Waals surface area contributed by atoms with Crippen LogP contribution >= 0.6 is 0 Å². The van der Waals surface area contributed by atoms with Gasteiger partial charge in [0.15, 0.2) is 17.5 Å². The maximum absolute atomic E-state index is 14.0. The van der Waals surface area contributed by atoms with E-state index in [0.717, 1.165) is 42.7 Å². The van der Waals surface area contributed by atoms with E-state index in [9.17, 15) is 18.0 Å². The largest absolute Gasteiger partial charge is 0.327 e. The molecule has 0 unspecified atom stereocenters. The average Bonchev–Trinajstić information content (AvgIpc) is 3.49. The fraction of sp³-hybridized carbons (Fsp3) is 0.280. The van der Waals surface area contributed by atoms with Gasteiger partial charge >= 0.3 is 0 Å². The number of aromatic nitrogens is 5. The Labute approximate surface area is 198 Å². The van der Waals surface area contributed by atoms with Crippen molar-refractivity contribution in [1.82, 2.24) is 29.7 Å². The summed E-state index contributed by atoms with van der Waals surface area (Å²) >= 11 is 0. The van der Waals surface area contributed by atoms with E-state index >= 15 is 0 Å². The minimum absolute atomic E-state index is 0.101. The molecule has 2 aromatic carbocycles. The zero-order chi connectivity index (χ0) is 24.3. The molecule has 1 amide bonds. The number of nitrogens with zero attached hydrogens (tertiary/aromatic N) is 6. The van der Waals surface area contributed by atoms with E-state index in [2.05, 4.69) is 15.4 Å². The molecule has 2 aliphatic heterocycles. The lowest BCUT2D eigenvalue weighted by Gasteiger charge is -2.45. The molecule has 0 radical (unpaired) electrons. The van der Waals surface area contributed by atoms with Crippen molar-refractivity contribution < 1.29 is 18.0 Å². The average molecular weight is 478 g/mol. The van der Waals surface area contributed by atoms with E-state index in [-0.39, 0.29) is 23.6 Å². The van der Waals surface area contributed by atoms with Gasteiger partial charge in [-0.3, -0.25) is 9.48 Å². The predicted octanol–water partition coefficient (Wildman–Crippen LogP) is 4.38. The molecule has 2 aliphatic rings. The minimum atomic E-state index is -1.50. The number of aryl methyl sites for hydroxylation is 1. The van der Waals surface area contributed by atoms with Gasteiger partial charge in [-0.05, 0) is 49.9 Å². The quantitative estimate of drug-likeness (QED) is 0.410. The monoisotopic (exact) mass is 478 g/mol. The molecule has 2 aromatic heterocycles. The molecule has 7 nitrogen and oxygen atoms in total. The van der Waals surface area contributed by atoms with Crippen molar-refractivity contribution in [1.29, 1.82) is 0 Å². The molecule has 1 saturated heterocycles. The number of fused-ring (bicyclic) bond motifs is 4. The third kappa shape index (κ3) is 3.35. The molecule has 4 heterocycles. The van der Waals surface area contributed by atoms with Gasteiger partial charge < -0.3 is 4.90 Å². The molecular weight excluding hydrogens is 457 g/mol. The third-order valence-electron chi connectivity index (χ3n) is 6.97. The first-order valence-corrected chi connectivity index (χ1v) is 11.4. The Morgan fingerprint density at radius 1 is 1.09 bits per heavy atom. The Morgan fingerprint density at radius 2 is 1.86 bits per heavy atom. The summed E-state index contributed by atoms with van der Waals surface area (Å²) in [6.07, 6.45) is 6.20. The van der Waals surface area contributed by atoms with Crippen LogP contribution in [0.25, 0.3) is 16.9 Å². The Kier molecular flexibility index (Phi) is 4.98. The molecule has 0 saturated carbocycles. The van der Waals surface area contributed by atoms with Crippen LogP contribution in [0.5, 0.6) is 0 Å². The number of halogens is 3. The molecule has 1 fully saturated rings. The Morgan fingerprint density at radius 3 is 2.60 bits per heavy atom. The number of carbonyl (C=O) groups excluding carboxylic acids is 1. The molecular formula is C25H21F3N6O. The molecule has 10 heteroatoms. The second-order valence-corrected chi connectivity index (χ2v) is 8.97. The molecule has 2 atom stereocenters. The summed E-state index contributed by atoms with van der Waals surface area (Å²) in [6, 6.07) is 8.88. The number of amides is 1. The molecule has 0 spiro atoms. The fourth-order valence-electron chi connectivity index (χ4n) is 5.53. The topological polar surface area (TPSA) is 68.8 Å². The van der Waals surface area contributed by atoms with Crippen molar-refractivity contribution >= 4 is 5.91 Å². The van der Waals surface area contributed by atoms with Crippen molar-refractivity contribution in [2.75, 3.05) is 0 Å². The van der Waals surface area contributed by atoms with Gasteiger partial charge in [0.25, 0.3) is 5.91 Å². The van der Waals surface area contributed by atoms with E-state index in [1.807, 2.05) is 23.1 Å². The standard InChI is InChI=1S/C25H21F3N6O/c1-32-24(14-11-18(26)22(28)19(27)12-14)17-13-15-5-4-8-21(23(17)30-32)34(15)25(35)16-6-2-3-7-20(16)33-10-9-29-31-33/h2-3,6-7,9-12,15,21H,4-5,8,13H2,1H3/t15-,21+/m1/s1. The van der Waals surface area contributed by atoms with Gasteiger partial charge in [-0.15, -0.1) is 5.10 Å². The fourth-order valence-corrected chi connectivity index (χ4v) is 5.53. The lowest BCUT2D eigenvalue weighted by atomic mass is 9.81. The first kappa shape index (κ1) is 21.6. The smallest absolute Gasteiger partial charge is 0.256 e. The van der Waals surface area contributed by atoms with Gasteiger partial charge in [-0.25, -0.2) is 17.9 Å². The highest BCUT2D eigenvalue weighted by atomic mass is 19.2. The van der Waals surface area contributed by atoms with Gasteiger partial charge in [-0.1, -0.05) is 17.3 Å². The van der Waals surface area contributed by atoms with E-state index in [0.29, 0.717) is 23.4 Å². The van der Waals surface area contributed by atoms with E-state index in [1.54, 1.807) is 34.9 Å². The maximum atomic E-state index is 14.0. The summed E-state index contributed by atoms with van der Waals surface area (Å²) in [5.74, 6) is -4.10. The van der Waals surface area contributed by atoms with Gasteiger partial charge in [0.05, 0.1) is 41.1 Å². The van der Waals surface area contributed by atoms with Gasteiger partial charge in [-0.2, -0.15) is 5.10 Å². The highest BCUT2D eigenvalue weighted by Crippen LogP contribution is 2.45. The summed E-state index contributed by atoms with van der Waals surface area (Å²) in [6.45, 7) is 0. The van der Waals surface area contributed by atoms with Gasteiger partial charge in [0, 0.05) is 24.2 Å². The van der Waals surface area contributed by atoms with Crippen molar-refractivity contribution in [3.63, 3.8) is 0 Å². The maximum Gasteiger partial charge on any atom is 0.256 e. The number of para-hydroxylation sites is 1. The molecule has 6 rings (SSSR count). The second-order valence-electron chi connectivity index (χ2n) is 8.97. The van der Waals surface area contributed by atoms with Crippen LogP contribution < -0.4 is 0 Å². The van der Waals surface area contributed by atoms with Crippen LogP contribution in [0, 0.1) is 17.5 Å². The molecule has 0 aliphatic carbocycles. The van der Waals surface area contributed by atoms with Gasteiger partial charge in [0.2, 0.25) is 0 Å². The first-order chi connectivity index (χ1) is 16.9. The molecule has 2 bridgehead atoms. The van der Waals surface area contributed by atoms with Crippen LogP contribution in [0.4, 0.5) is 13.2 Å². The number of carbonyl (C=O) groups is 1. The predicted molar refractivity (Wildman–Crippen MR) is 120 cm³/mol. The zero-order valence-electron chi connectivity index (χ0n) is 18.8. The summed E-state index contributed by atoms with van der Waals surface area (Å²) in [5.41, 5.74) is 3.49. The van der Waals surface area contributed by atoms with Crippen LogP contribution in [0.3, 0.4) is 0 Å². The third-order valence-corrected chi connectivity index (χ3v) is 6.97. The Bertz CT molecular complexity index is 1420. The van der Waals surface area contributed by atoms with Crippen molar-refractivity contribution in [3.05, 3.63) is 83.1 Å². The molecule has 0 N–H and O–H groups in total. The number of benzene rings is 2. The number of rotatable bonds is 3. The number of hydrogen-bond acceptors (Lipinski definition) is 4. The van der Waals surface area contributed by atoms with Crippen LogP contribution in [-0.2, 0) is 13.5 Å². The van der Waals surface area contributed by atoms with Crippen molar-refractivity contribution in [2.45, 2.75) is 37.8 Å². The van der Waals surface area contributed by atoms with Crippen molar-refractivity contribution in [2.24, 2.45) is 7.05 Å². The highest BCUT2D eigenvalue weighted by molar-refractivity contribution is 5.98. The Balaban J connectivity index is 1.44. The van der Waals surface area contributed by atoms with Crippen LogP contribution in [-0.4, -0.2) is 41.6 Å². The van der Waals surface area contributed by atoms with E-state index in [4.69, 9.17) is 0 Å². The highest BCUT2D eigenvalue weighted by Gasteiger charge is 2.44. The lowest BCUT2D eigenvalue weighted by molar-refractivity contribution is 0.0391. The summed E-state index contributed by atoms with van der Waals surface area (Å²) < 4.78 is 44.8. The van der Waals surface area contributed by atoms with Crippen LogP contribution in [0.15, 0.2) is 48.8 Å². The lowest BCUT2D eigenvalue weighted by Crippen LogP contribution is -2.50. The Hall–Kier alpha value is -3.95. The van der Waals surface area contributed by atoms with E-state index < -0.39 is 17.5 Å². The summed E-state index contributed by atoms with van der Waals surface area (Å²) in [5, 5.41) is 12.6. The summed E-state index contributed by atoms with van der Waals surface area (Å²) in [4.78, 5) is 15.8. The minimum Gasteiger partial charge on any atom is -0.327 e. The molecule has 178 valence electrons. The summed E-state index contributed by atoms with van der Waals surface area (Å²) in [7, 11) is 1.70. The molecule has 4 aromatic rings. The van der Waals surface area contributed by atoms with E-state index in [1.165, 1.54) is 0 Å². The van der Waals surface area contributed by atoms with Gasteiger partial charge in [0.1, 0.15) is 0 Å². The SMILES string of the molecule is Cn1nc2c(c1-c1cc(F)c(F)c(F)c1)C[C@H]1CCC[C@@H]2N1C(=O)c1ccccc1-n1ccnn1. The molecule has 35 heavy (non-hydrogen) atoms. The van der Waals surface area contributed by atoms with Crippen LogP contribution in [0.1, 0.15) is 46.9 Å². The normalized spacial score (nSPS) is 19.0. The first-order valence-electron chi connectivity index (χ1n) is 11.4. The van der Waals surface area contributed by atoms with Crippen molar-refractivity contribution in [3.8, 4) is 16.9 Å². The number of piperidine rings is 1. The van der Waals surface area contributed by atoms with Crippen LogP contribution in [0.2, 0.25) is 0 Å². The second kappa shape index (κ2) is 8.07. The zero-order valence-corrected chi connectivity index (χ0v) is 18.8.